The Labute approximate surface area is 136 Å². The lowest BCUT2D eigenvalue weighted by atomic mass is 10.1. The van der Waals surface area contributed by atoms with Crippen LogP contribution in [0, 0.1) is 6.92 Å². The predicted octanol–water partition coefficient (Wildman–Crippen LogP) is 2.23. The largest absolute Gasteiger partial charge is 0.451 e. The van der Waals surface area contributed by atoms with Crippen molar-refractivity contribution in [3.05, 3.63) is 35.7 Å². The van der Waals surface area contributed by atoms with Crippen LogP contribution in [-0.4, -0.2) is 33.1 Å². The molecule has 0 aliphatic carbocycles. The highest BCUT2D eigenvalue weighted by atomic mass is 16.4. The summed E-state index contributed by atoms with van der Waals surface area (Å²) in [7, 11) is 0. The van der Waals surface area contributed by atoms with Gasteiger partial charge in [0, 0.05) is 10.9 Å². The summed E-state index contributed by atoms with van der Waals surface area (Å²) in [5.41, 5.74) is 1.62. The van der Waals surface area contributed by atoms with Gasteiger partial charge in [-0.05, 0) is 19.9 Å². The third-order valence-corrected chi connectivity index (χ3v) is 4.02. The van der Waals surface area contributed by atoms with Crippen LogP contribution < -0.4 is 5.32 Å². The van der Waals surface area contributed by atoms with E-state index in [2.05, 4.69) is 15.5 Å². The highest BCUT2D eigenvalue weighted by Crippen LogP contribution is 2.32. The van der Waals surface area contributed by atoms with Crippen molar-refractivity contribution in [1.29, 1.82) is 0 Å². The van der Waals surface area contributed by atoms with Crippen molar-refractivity contribution in [3.63, 3.8) is 0 Å². The van der Waals surface area contributed by atoms with E-state index in [0.29, 0.717) is 5.76 Å². The molecule has 8 heteroatoms. The van der Waals surface area contributed by atoms with E-state index in [4.69, 9.17) is 8.83 Å². The SMILES string of the molecule is Cc1c(-c2nnc(CN3C(=O)N[C@@H](C)C3=O)o2)oc2ccccc12. The van der Waals surface area contributed by atoms with E-state index < -0.39 is 12.1 Å². The first-order valence-corrected chi connectivity index (χ1v) is 7.47. The molecule has 1 N–H and O–H groups in total. The fourth-order valence-corrected chi connectivity index (χ4v) is 2.73. The van der Waals surface area contributed by atoms with Gasteiger partial charge in [0.25, 0.3) is 11.8 Å². The monoisotopic (exact) mass is 326 g/mol. The van der Waals surface area contributed by atoms with Crippen molar-refractivity contribution in [2.75, 3.05) is 0 Å². The average Bonchev–Trinajstić information content (AvgIpc) is 3.22. The molecule has 2 aromatic heterocycles. The van der Waals surface area contributed by atoms with Gasteiger partial charge in [0.15, 0.2) is 5.76 Å². The molecule has 3 heterocycles. The van der Waals surface area contributed by atoms with E-state index in [-0.39, 0.29) is 24.2 Å². The lowest BCUT2D eigenvalue weighted by molar-refractivity contribution is -0.127. The minimum atomic E-state index is -0.544. The van der Waals surface area contributed by atoms with Crippen molar-refractivity contribution in [1.82, 2.24) is 20.4 Å². The number of aryl methyl sites for hydroxylation is 1. The van der Waals surface area contributed by atoms with Crippen LogP contribution in [0.15, 0.2) is 33.1 Å². The van der Waals surface area contributed by atoms with E-state index in [9.17, 15) is 9.59 Å². The highest BCUT2D eigenvalue weighted by Gasteiger charge is 2.36. The maximum atomic E-state index is 11.9. The van der Waals surface area contributed by atoms with E-state index in [1.807, 2.05) is 31.2 Å². The molecule has 0 radical (unpaired) electrons. The van der Waals surface area contributed by atoms with Crippen LogP contribution >= 0.6 is 0 Å². The van der Waals surface area contributed by atoms with Crippen molar-refractivity contribution >= 4 is 22.9 Å². The molecule has 3 amide bonds. The Balaban J connectivity index is 1.64. The number of rotatable bonds is 3. The Morgan fingerprint density at radius 3 is 2.71 bits per heavy atom. The molecule has 1 aromatic carbocycles. The van der Waals surface area contributed by atoms with Crippen LogP contribution in [0.1, 0.15) is 18.4 Å². The van der Waals surface area contributed by atoms with Gasteiger partial charge in [-0.2, -0.15) is 0 Å². The maximum Gasteiger partial charge on any atom is 0.325 e. The van der Waals surface area contributed by atoms with Gasteiger partial charge in [0.2, 0.25) is 5.89 Å². The van der Waals surface area contributed by atoms with Gasteiger partial charge < -0.3 is 14.2 Å². The molecule has 122 valence electrons. The Hall–Kier alpha value is -3.16. The van der Waals surface area contributed by atoms with Gasteiger partial charge in [-0.25, -0.2) is 4.79 Å². The maximum absolute atomic E-state index is 11.9. The average molecular weight is 326 g/mol. The highest BCUT2D eigenvalue weighted by molar-refractivity contribution is 6.03. The number of nitrogens with zero attached hydrogens (tertiary/aromatic N) is 3. The second-order valence-electron chi connectivity index (χ2n) is 5.65. The molecule has 1 aliphatic heterocycles. The molecule has 1 saturated heterocycles. The summed E-state index contributed by atoms with van der Waals surface area (Å²) in [6.07, 6.45) is 0. The number of carbonyl (C=O) groups excluding carboxylic acids is 2. The normalized spacial score (nSPS) is 17.8. The number of hydrogen-bond acceptors (Lipinski definition) is 6. The van der Waals surface area contributed by atoms with Gasteiger partial charge in [-0.1, -0.05) is 18.2 Å². The van der Waals surface area contributed by atoms with E-state index in [1.165, 1.54) is 0 Å². The van der Waals surface area contributed by atoms with Crippen molar-refractivity contribution in [3.8, 4) is 11.7 Å². The second kappa shape index (κ2) is 5.19. The van der Waals surface area contributed by atoms with Gasteiger partial charge in [-0.3, -0.25) is 9.69 Å². The van der Waals surface area contributed by atoms with E-state index in [0.717, 1.165) is 21.4 Å². The summed E-state index contributed by atoms with van der Waals surface area (Å²) < 4.78 is 11.4. The zero-order valence-electron chi connectivity index (χ0n) is 13.1. The zero-order chi connectivity index (χ0) is 16.8. The number of fused-ring (bicyclic) bond motifs is 1. The van der Waals surface area contributed by atoms with Crippen LogP contribution in [0.3, 0.4) is 0 Å². The summed E-state index contributed by atoms with van der Waals surface area (Å²) in [6.45, 7) is 3.46. The number of nitrogens with one attached hydrogen (secondary N) is 1. The van der Waals surface area contributed by atoms with Crippen molar-refractivity contribution < 1.29 is 18.4 Å². The lowest BCUT2D eigenvalue weighted by Gasteiger charge is -2.08. The molecule has 1 fully saturated rings. The Morgan fingerprint density at radius 2 is 2.00 bits per heavy atom. The number of furan rings is 1. The predicted molar refractivity (Wildman–Crippen MR) is 82.8 cm³/mol. The molecule has 4 rings (SSSR count). The number of urea groups is 1. The quantitative estimate of drug-likeness (QED) is 0.741. The standard InChI is InChI=1S/C16H14N4O4/c1-8-10-5-3-4-6-11(10)23-13(8)14-19-18-12(24-14)7-20-15(21)9(2)17-16(20)22/h3-6,9H,7H2,1-2H3,(H,17,22)/t9-/m0/s1. The number of para-hydroxylation sites is 1. The summed E-state index contributed by atoms with van der Waals surface area (Å²) in [5, 5.41) is 11.4. The number of carbonyl (C=O) groups is 2. The first-order chi connectivity index (χ1) is 11.5. The molecule has 24 heavy (non-hydrogen) atoms. The Kier molecular flexibility index (Phi) is 3.12. The van der Waals surface area contributed by atoms with Crippen molar-refractivity contribution in [2.45, 2.75) is 26.4 Å². The van der Waals surface area contributed by atoms with E-state index >= 15 is 0 Å². The number of aromatic nitrogens is 2. The third kappa shape index (κ3) is 2.15. The smallest absolute Gasteiger partial charge is 0.325 e. The first kappa shape index (κ1) is 14.4. The van der Waals surface area contributed by atoms with Crippen LogP contribution in [0.4, 0.5) is 4.79 Å². The third-order valence-electron chi connectivity index (χ3n) is 4.02. The van der Waals surface area contributed by atoms with Gasteiger partial charge in [0.1, 0.15) is 18.2 Å². The molecule has 0 spiro atoms. The summed E-state index contributed by atoms with van der Waals surface area (Å²) in [6, 6.07) is 6.60. The second-order valence-corrected chi connectivity index (χ2v) is 5.65. The summed E-state index contributed by atoms with van der Waals surface area (Å²) >= 11 is 0. The molecule has 3 aromatic rings. The van der Waals surface area contributed by atoms with Crippen LogP contribution in [-0.2, 0) is 11.3 Å². The van der Waals surface area contributed by atoms with Gasteiger partial charge in [-0.15, -0.1) is 10.2 Å². The Bertz CT molecular complexity index is 958. The molecular formula is C16H14N4O4. The minimum Gasteiger partial charge on any atom is -0.451 e. The molecule has 0 saturated carbocycles. The van der Waals surface area contributed by atoms with E-state index in [1.54, 1.807) is 6.92 Å². The topological polar surface area (TPSA) is 101 Å². The summed E-state index contributed by atoms with van der Waals surface area (Å²) in [5.74, 6) is 0.557. The fourth-order valence-electron chi connectivity index (χ4n) is 2.73. The molecule has 0 unspecified atom stereocenters. The minimum absolute atomic E-state index is 0.0682. The van der Waals surface area contributed by atoms with Crippen LogP contribution in [0.5, 0.6) is 0 Å². The van der Waals surface area contributed by atoms with Crippen LogP contribution in [0.2, 0.25) is 0 Å². The molecule has 8 nitrogen and oxygen atoms in total. The number of imide groups is 1. The zero-order valence-corrected chi connectivity index (χ0v) is 13.1. The van der Waals surface area contributed by atoms with Crippen molar-refractivity contribution in [2.24, 2.45) is 0 Å². The number of hydrogen-bond donors (Lipinski definition) is 1. The molecular weight excluding hydrogens is 312 g/mol. The fraction of sp³-hybridized carbons (Fsp3) is 0.250. The summed E-state index contributed by atoms with van der Waals surface area (Å²) in [4.78, 5) is 24.7. The molecule has 1 atom stereocenters. The van der Waals surface area contributed by atoms with Gasteiger partial charge in [0.05, 0.1) is 0 Å². The Morgan fingerprint density at radius 1 is 1.21 bits per heavy atom. The number of amides is 3. The first-order valence-electron chi connectivity index (χ1n) is 7.47. The van der Waals surface area contributed by atoms with Crippen LogP contribution in [0.25, 0.3) is 22.6 Å². The molecule has 1 aliphatic rings. The number of benzene rings is 1. The van der Waals surface area contributed by atoms with Gasteiger partial charge >= 0.3 is 6.03 Å². The molecule has 0 bridgehead atoms. The lowest BCUT2D eigenvalue weighted by Crippen LogP contribution is -2.30.